The number of rotatable bonds is 3. The van der Waals surface area contributed by atoms with Crippen LogP contribution < -0.4 is 5.32 Å². The molecule has 0 saturated carbocycles. The van der Waals surface area contributed by atoms with Gasteiger partial charge in [0.2, 0.25) is 11.7 Å². The van der Waals surface area contributed by atoms with Crippen LogP contribution in [0.1, 0.15) is 30.2 Å². The van der Waals surface area contributed by atoms with E-state index in [-0.39, 0.29) is 17.8 Å². The number of anilines is 1. The monoisotopic (exact) mass is 380 g/mol. The third kappa shape index (κ3) is 4.03. The van der Waals surface area contributed by atoms with E-state index in [1.54, 1.807) is 17.0 Å². The van der Waals surface area contributed by atoms with Crippen LogP contribution in [-0.2, 0) is 0 Å². The van der Waals surface area contributed by atoms with Gasteiger partial charge in [-0.05, 0) is 44.0 Å². The summed E-state index contributed by atoms with van der Waals surface area (Å²) in [6.45, 7) is 3.18. The summed E-state index contributed by atoms with van der Waals surface area (Å²) in [5, 5.41) is 6.84. The molecular weight excluding hydrogens is 359 g/mol. The summed E-state index contributed by atoms with van der Waals surface area (Å²) >= 11 is 0. The minimum Gasteiger partial charge on any atom is -0.339 e. The molecule has 3 aromatic rings. The minimum absolute atomic E-state index is 0.129. The summed E-state index contributed by atoms with van der Waals surface area (Å²) in [6.07, 6.45) is 1.48. The second-order valence-electron chi connectivity index (χ2n) is 7.03. The number of benzene rings is 2. The molecule has 0 radical (unpaired) electrons. The Morgan fingerprint density at radius 2 is 1.96 bits per heavy atom. The van der Waals surface area contributed by atoms with E-state index < -0.39 is 0 Å². The molecule has 0 aliphatic carbocycles. The maximum absolute atomic E-state index is 13.3. The van der Waals surface area contributed by atoms with Crippen molar-refractivity contribution in [2.75, 3.05) is 18.4 Å². The van der Waals surface area contributed by atoms with Gasteiger partial charge in [0.25, 0.3) is 0 Å². The van der Waals surface area contributed by atoms with Gasteiger partial charge in [-0.3, -0.25) is 0 Å². The van der Waals surface area contributed by atoms with Gasteiger partial charge in [-0.1, -0.05) is 35.0 Å². The first-order valence-corrected chi connectivity index (χ1v) is 9.30. The molecule has 7 heteroatoms. The zero-order chi connectivity index (χ0) is 19.5. The average Bonchev–Trinajstić information content (AvgIpc) is 3.18. The standard InChI is InChI=1S/C21H21FN4O2/c1-14-4-2-5-16(12-14)19-24-20(28-25-19)15-8-10-26(11-9-15)21(27)23-18-7-3-6-17(22)13-18/h2-7,12-13,15H,8-11H2,1H3,(H,23,27). The summed E-state index contributed by atoms with van der Waals surface area (Å²) in [5.74, 6) is 0.952. The molecule has 1 aromatic heterocycles. The number of carbonyl (C=O) groups is 1. The topological polar surface area (TPSA) is 71.3 Å². The molecule has 0 spiro atoms. The van der Waals surface area contributed by atoms with Gasteiger partial charge in [0, 0.05) is 30.3 Å². The molecular formula is C21H21FN4O2. The molecule has 1 fully saturated rings. The average molecular weight is 380 g/mol. The molecule has 28 heavy (non-hydrogen) atoms. The normalized spacial score (nSPS) is 14.9. The number of nitrogens with one attached hydrogen (secondary N) is 1. The summed E-state index contributed by atoms with van der Waals surface area (Å²) in [4.78, 5) is 18.7. The van der Waals surface area contributed by atoms with Crippen LogP contribution >= 0.6 is 0 Å². The van der Waals surface area contributed by atoms with Crippen LogP contribution in [0.25, 0.3) is 11.4 Å². The molecule has 0 bridgehead atoms. The Balaban J connectivity index is 1.36. The van der Waals surface area contributed by atoms with Gasteiger partial charge in [0.05, 0.1) is 0 Å². The maximum atomic E-state index is 13.3. The van der Waals surface area contributed by atoms with E-state index in [2.05, 4.69) is 15.5 Å². The number of aryl methyl sites for hydroxylation is 1. The van der Waals surface area contributed by atoms with Gasteiger partial charge >= 0.3 is 6.03 Å². The highest BCUT2D eigenvalue weighted by Gasteiger charge is 2.27. The lowest BCUT2D eigenvalue weighted by atomic mass is 9.97. The van der Waals surface area contributed by atoms with Crippen molar-refractivity contribution in [3.8, 4) is 11.4 Å². The minimum atomic E-state index is -0.377. The number of likely N-dealkylation sites (tertiary alicyclic amines) is 1. The molecule has 1 aliphatic rings. The predicted octanol–water partition coefficient (Wildman–Crippen LogP) is 4.60. The Bertz CT molecular complexity index is 980. The van der Waals surface area contributed by atoms with Crippen molar-refractivity contribution >= 4 is 11.7 Å². The molecule has 2 heterocycles. The number of aromatic nitrogens is 2. The molecule has 6 nitrogen and oxygen atoms in total. The molecule has 144 valence electrons. The van der Waals surface area contributed by atoms with Crippen molar-refractivity contribution in [1.29, 1.82) is 0 Å². The number of hydrogen-bond acceptors (Lipinski definition) is 4. The lowest BCUT2D eigenvalue weighted by molar-refractivity contribution is 0.187. The van der Waals surface area contributed by atoms with Crippen molar-refractivity contribution < 1.29 is 13.7 Å². The Labute approximate surface area is 162 Å². The molecule has 2 aromatic carbocycles. The van der Waals surface area contributed by atoms with E-state index in [1.165, 1.54) is 12.1 Å². The molecule has 2 amide bonds. The zero-order valence-electron chi connectivity index (χ0n) is 15.6. The molecule has 4 rings (SSSR count). The van der Waals surface area contributed by atoms with Gasteiger partial charge in [0.1, 0.15) is 5.82 Å². The SMILES string of the molecule is Cc1cccc(-c2noc(C3CCN(C(=O)Nc4cccc(F)c4)CC3)n2)c1. The Hall–Kier alpha value is -3.22. The van der Waals surface area contributed by atoms with Crippen LogP contribution in [0.4, 0.5) is 14.9 Å². The van der Waals surface area contributed by atoms with Crippen molar-refractivity contribution in [3.05, 3.63) is 65.8 Å². The van der Waals surface area contributed by atoms with E-state index in [4.69, 9.17) is 4.52 Å². The van der Waals surface area contributed by atoms with Gasteiger partial charge in [-0.2, -0.15) is 4.98 Å². The summed E-state index contributed by atoms with van der Waals surface area (Å²) < 4.78 is 18.7. The summed E-state index contributed by atoms with van der Waals surface area (Å²) in [6, 6.07) is 13.6. The van der Waals surface area contributed by atoms with Crippen molar-refractivity contribution in [3.63, 3.8) is 0 Å². The highest BCUT2D eigenvalue weighted by atomic mass is 19.1. The first-order valence-electron chi connectivity index (χ1n) is 9.30. The lowest BCUT2D eigenvalue weighted by Gasteiger charge is -2.30. The molecule has 0 atom stereocenters. The van der Waals surface area contributed by atoms with Crippen LogP contribution in [0.3, 0.4) is 0 Å². The van der Waals surface area contributed by atoms with Crippen LogP contribution in [0.2, 0.25) is 0 Å². The van der Waals surface area contributed by atoms with E-state index in [1.807, 2.05) is 31.2 Å². The van der Waals surface area contributed by atoms with E-state index in [0.717, 1.165) is 24.0 Å². The summed E-state index contributed by atoms with van der Waals surface area (Å²) in [5.41, 5.74) is 2.52. The third-order valence-corrected chi connectivity index (χ3v) is 4.93. The second-order valence-corrected chi connectivity index (χ2v) is 7.03. The van der Waals surface area contributed by atoms with Gasteiger partial charge in [-0.15, -0.1) is 0 Å². The smallest absolute Gasteiger partial charge is 0.321 e. The van der Waals surface area contributed by atoms with Gasteiger partial charge in [-0.25, -0.2) is 9.18 Å². The largest absolute Gasteiger partial charge is 0.339 e. The fourth-order valence-electron chi connectivity index (χ4n) is 3.40. The van der Waals surface area contributed by atoms with E-state index in [0.29, 0.717) is 30.5 Å². The third-order valence-electron chi connectivity index (χ3n) is 4.93. The van der Waals surface area contributed by atoms with Gasteiger partial charge < -0.3 is 14.7 Å². The van der Waals surface area contributed by atoms with Crippen LogP contribution in [0.15, 0.2) is 53.1 Å². The Morgan fingerprint density at radius 1 is 1.18 bits per heavy atom. The first-order chi connectivity index (χ1) is 13.6. The predicted molar refractivity (Wildman–Crippen MR) is 103 cm³/mol. The van der Waals surface area contributed by atoms with Crippen LogP contribution in [-0.4, -0.2) is 34.2 Å². The van der Waals surface area contributed by atoms with Crippen LogP contribution in [0, 0.1) is 12.7 Å². The number of amides is 2. The van der Waals surface area contributed by atoms with Crippen molar-refractivity contribution in [2.24, 2.45) is 0 Å². The number of carbonyl (C=O) groups excluding carboxylic acids is 1. The fourth-order valence-corrected chi connectivity index (χ4v) is 3.40. The zero-order valence-corrected chi connectivity index (χ0v) is 15.6. The number of piperidine rings is 1. The molecule has 1 N–H and O–H groups in total. The molecule has 1 saturated heterocycles. The van der Waals surface area contributed by atoms with Crippen molar-refractivity contribution in [2.45, 2.75) is 25.7 Å². The highest BCUT2D eigenvalue weighted by molar-refractivity contribution is 5.89. The maximum Gasteiger partial charge on any atom is 0.321 e. The van der Waals surface area contributed by atoms with E-state index >= 15 is 0 Å². The van der Waals surface area contributed by atoms with Gasteiger partial charge in [0.15, 0.2) is 0 Å². The van der Waals surface area contributed by atoms with Crippen molar-refractivity contribution in [1.82, 2.24) is 15.0 Å². The number of urea groups is 1. The molecule has 0 unspecified atom stereocenters. The highest BCUT2D eigenvalue weighted by Crippen LogP contribution is 2.29. The Morgan fingerprint density at radius 3 is 2.71 bits per heavy atom. The second kappa shape index (κ2) is 7.80. The fraction of sp³-hybridized carbons (Fsp3) is 0.286. The number of nitrogens with zero attached hydrogens (tertiary/aromatic N) is 3. The number of hydrogen-bond donors (Lipinski definition) is 1. The quantitative estimate of drug-likeness (QED) is 0.721. The first kappa shape index (κ1) is 18.2. The molecule has 1 aliphatic heterocycles. The Kier molecular flexibility index (Phi) is 5.06. The van der Waals surface area contributed by atoms with E-state index in [9.17, 15) is 9.18 Å². The number of halogens is 1. The summed E-state index contributed by atoms with van der Waals surface area (Å²) in [7, 11) is 0. The van der Waals surface area contributed by atoms with Crippen LogP contribution in [0.5, 0.6) is 0 Å². The lowest BCUT2D eigenvalue weighted by Crippen LogP contribution is -2.40.